The first-order chi connectivity index (χ1) is 14.5. The fourth-order valence-electron chi connectivity index (χ4n) is 3.96. The summed E-state index contributed by atoms with van der Waals surface area (Å²) in [4.78, 5) is 16.5. The highest BCUT2D eigenvalue weighted by Gasteiger charge is 2.31. The minimum Gasteiger partial charge on any atom is -0.396 e. The number of guanidine groups is 1. The smallest absolute Gasteiger partial charge is 0.319 e. The summed E-state index contributed by atoms with van der Waals surface area (Å²) in [6.07, 6.45) is 6.96. The summed E-state index contributed by atoms with van der Waals surface area (Å²) in [5.41, 5.74) is 2.01. The number of nitrogens with zero attached hydrogens (tertiary/aromatic N) is 1. The van der Waals surface area contributed by atoms with E-state index in [0.717, 1.165) is 36.7 Å². The van der Waals surface area contributed by atoms with Gasteiger partial charge in [0.1, 0.15) is 0 Å². The van der Waals surface area contributed by atoms with Crippen molar-refractivity contribution in [2.24, 2.45) is 10.4 Å². The number of carbonyl (C=O) groups excluding carboxylic acids is 1. The molecule has 0 saturated heterocycles. The van der Waals surface area contributed by atoms with Gasteiger partial charge in [-0.1, -0.05) is 31.4 Å². The van der Waals surface area contributed by atoms with Crippen LogP contribution in [0, 0.1) is 5.41 Å². The van der Waals surface area contributed by atoms with Crippen molar-refractivity contribution >= 4 is 41.7 Å². The van der Waals surface area contributed by atoms with Crippen LogP contribution in [-0.2, 0) is 6.54 Å². The number of hydrogen-bond acceptors (Lipinski definition) is 3. The van der Waals surface area contributed by atoms with Crippen LogP contribution in [0.25, 0.3) is 0 Å². The summed E-state index contributed by atoms with van der Waals surface area (Å²) >= 11 is 0. The first-order valence-electron chi connectivity index (χ1n) is 11.3. The van der Waals surface area contributed by atoms with Gasteiger partial charge in [0.15, 0.2) is 5.96 Å². The number of aliphatic imine (C=N–C) groups is 1. The van der Waals surface area contributed by atoms with Gasteiger partial charge in [0, 0.05) is 31.4 Å². The molecule has 0 atom stereocenters. The number of aliphatic hydroxyl groups excluding tert-OH is 1. The number of benzene rings is 1. The Morgan fingerprint density at radius 2 is 1.81 bits per heavy atom. The van der Waals surface area contributed by atoms with E-state index in [1.54, 1.807) is 0 Å². The number of carbonyl (C=O) groups is 1. The van der Waals surface area contributed by atoms with Gasteiger partial charge in [-0.3, -0.25) is 0 Å². The third kappa shape index (κ3) is 10.1. The summed E-state index contributed by atoms with van der Waals surface area (Å²) in [6, 6.07) is 7.64. The minimum atomic E-state index is -0.200. The van der Waals surface area contributed by atoms with Gasteiger partial charge >= 0.3 is 6.03 Å². The van der Waals surface area contributed by atoms with E-state index in [-0.39, 0.29) is 48.1 Å². The molecule has 0 unspecified atom stereocenters. The summed E-state index contributed by atoms with van der Waals surface area (Å²) in [7, 11) is 0. The van der Waals surface area contributed by atoms with Crippen molar-refractivity contribution in [1.29, 1.82) is 0 Å². The first-order valence-corrected chi connectivity index (χ1v) is 11.3. The topological polar surface area (TPSA) is 97.8 Å². The lowest BCUT2D eigenvalue weighted by Crippen LogP contribution is -2.44. The van der Waals surface area contributed by atoms with E-state index >= 15 is 0 Å². The Hall–Kier alpha value is -1.55. The van der Waals surface area contributed by atoms with Crippen LogP contribution in [0.4, 0.5) is 10.5 Å². The van der Waals surface area contributed by atoms with Gasteiger partial charge < -0.3 is 26.4 Å². The molecule has 1 saturated carbocycles. The zero-order valence-electron chi connectivity index (χ0n) is 19.2. The van der Waals surface area contributed by atoms with Crippen molar-refractivity contribution < 1.29 is 9.90 Å². The third-order valence-corrected chi connectivity index (χ3v) is 5.58. The normalized spacial score (nSPS) is 15.7. The van der Waals surface area contributed by atoms with Crippen molar-refractivity contribution in [2.45, 2.75) is 71.9 Å². The molecule has 2 rings (SSSR count). The van der Waals surface area contributed by atoms with Crippen molar-refractivity contribution in [2.75, 3.05) is 25.0 Å². The molecule has 7 nitrogen and oxygen atoms in total. The Kier molecular flexibility index (Phi) is 12.9. The lowest BCUT2D eigenvalue weighted by atomic mass is 9.72. The van der Waals surface area contributed by atoms with Crippen LogP contribution in [0.1, 0.15) is 64.9 Å². The third-order valence-electron chi connectivity index (χ3n) is 5.58. The molecule has 1 aliphatic rings. The average Bonchev–Trinajstić information content (AvgIpc) is 2.71. The van der Waals surface area contributed by atoms with Crippen LogP contribution in [0.5, 0.6) is 0 Å². The molecule has 0 spiro atoms. The van der Waals surface area contributed by atoms with Gasteiger partial charge in [-0.15, -0.1) is 24.0 Å². The average molecular weight is 546 g/mol. The van der Waals surface area contributed by atoms with E-state index in [2.05, 4.69) is 28.2 Å². The number of rotatable bonds is 9. The van der Waals surface area contributed by atoms with E-state index < -0.39 is 0 Å². The number of halogens is 1. The van der Waals surface area contributed by atoms with Gasteiger partial charge in [-0.05, 0) is 63.1 Å². The summed E-state index contributed by atoms with van der Waals surface area (Å²) in [5.74, 6) is 0.805. The molecule has 0 radical (unpaired) electrons. The largest absolute Gasteiger partial charge is 0.396 e. The minimum absolute atomic E-state index is 0. The number of nitrogens with one attached hydrogen (secondary N) is 4. The summed E-state index contributed by atoms with van der Waals surface area (Å²) in [6.45, 7) is 8.35. The van der Waals surface area contributed by atoms with Gasteiger partial charge in [0.05, 0.1) is 6.54 Å². The second-order valence-electron chi connectivity index (χ2n) is 8.53. The highest BCUT2D eigenvalue weighted by Crippen LogP contribution is 2.38. The molecule has 0 heterocycles. The molecular weight excluding hydrogens is 505 g/mol. The molecule has 31 heavy (non-hydrogen) atoms. The monoisotopic (exact) mass is 545 g/mol. The van der Waals surface area contributed by atoms with Gasteiger partial charge in [0.2, 0.25) is 0 Å². The van der Waals surface area contributed by atoms with Crippen LogP contribution in [-0.4, -0.2) is 42.8 Å². The van der Waals surface area contributed by atoms with E-state index in [1.807, 2.05) is 38.1 Å². The molecule has 0 aliphatic heterocycles. The Morgan fingerprint density at radius 1 is 1.13 bits per heavy atom. The molecule has 1 aliphatic carbocycles. The maximum absolute atomic E-state index is 11.8. The molecule has 8 heteroatoms. The lowest BCUT2D eigenvalue weighted by molar-refractivity contribution is 0.131. The molecule has 2 amide bonds. The zero-order valence-corrected chi connectivity index (χ0v) is 21.5. The zero-order chi connectivity index (χ0) is 21.8. The second kappa shape index (κ2) is 14.5. The van der Waals surface area contributed by atoms with Gasteiger partial charge in [0.25, 0.3) is 0 Å². The van der Waals surface area contributed by atoms with Crippen molar-refractivity contribution in [3.63, 3.8) is 0 Å². The lowest BCUT2D eigenvalue weighted by Gasteiger charge is -2.37. The predicted octanol–water partition coefficient (Wildman–Crippen LogP) is 4.22. The molecule has 176 valence electrons. The van der Waals surface area contributed by atoms with Crippen LogP contribution < -0.4 is 21.3 Å². The fourth-order valence-corrected chi connectivity index (χ4v) is 3.96. The van der Waals surface area contributed by atoms with Crippen molar-refractivity contribution in [1.82, 2.24) is 16.0 Å². The Morgan fingerprint density at radius 3 is 2.39 bits per heavy atom. The highest BCUT2D eigenvalue weighted by molar-refractivity contribution is 14.0. The van der Waals surface area contributed by atoms with E-state index in [4.69, 9.17) is 4.99 Å². The second-order valence-corrected chi connectivity index (χ2v) is 8.53. The van der Waals surface area contributed by atoms with Crippen LogP contribution in [0.2, 0.25) is 0 Å². The van der Waals surface area contributed by atoms with E-state index in [9.17, 15) is 9.90 Å². The van der Waals surface area contributed by atoms with Crippen molar-refractivity contribution in [3.05, 3.63) is 29.8 Å². The molecule has 0 bridgehead atoms. The highest BCUT2D eigenvalue weighted by atomic mass is 127. The van der Waals surface area contributed by atoms with E-state index in [1.165, 1.54) is 32.1 Å². The molecular formula is C23H40IN5O2. The summed E-state index contributed by atoms with van der Waals surface area (Å²) < 4.78 is 0. The number of aliphatic hydroxyl groups is 1. The fraction of sp³-hybridized carbons (Fsp3) is 0.652. The maximum atomic E-state index is 11.8. The first kappa shape index (κ1) is 27.5. The molecule has 1 aromatic carbocycles. The van der Waals surface area contributed by atoms with Gasteiger partial charge in [-0.25, -0.2) is 9.79 Å². The Balaban J connectivity index is 0.00000480. The molecule has 5 N–H and O–H groups in total. The summed E-state index contributed by atoms with van der Waals surface area (Å²) in [5, 5.41) is 22.0. The quantitative estimate of drug-likeness (QED) is 0.182. The molecule has 1 aromatic rings. The van der Waals surface area contributed by atoms with Crippen LogP contribution >= 0.6 is 24.0 Å². The number of amides is 2. The van der Waals surface area contributed by atoms with E-state index in [0.29, 0.717) is 6.54 Å². The van der Waals surface area contributed by atoms with Crippen LogP contribution in [0.15, 0.2) is 29.3 Å². The SMILES string of the molecule is CCNC(=NCc1ccc(NC(=O)NC(C)C)cc1)NCC1(CCO)CCCCC1.I. The Labute approximate surface area is 204 Å². The van der Waals surface area contributed by atoms with Gasteiger partial charge in [-0.2, -0.15) is 0 Å². The maximum Gasteiger partial charge on any atom is 0.319 e. The number of urea groups is 1. The number of anilines is 1. The molecule has 0 aromatic heterocycles. The predicted molar refractivity (Wildman–Crippen MR) is 139 cm³/mol. The van der Waals surface area contributed by atoms with Crippen LogP contribution in [0.3, 0.4) is 0 Å². The standard InChI is InChI=1S/C23H39N5O2.HI/c1-4-24-21(26-17-23(14-15-29)12-6-5-7-13-23)25-16-19-8-10-20(11-9-19)28-22(30)27-18(2)3;/h8-11,18,29H,4-7,12-17H2,1-3H3,(H2,24,25,26)(H2,27,28,30);1H. The molecule has 1 fully saturated rings. The number of hydrogen-bond donors (Lipinski definition) is 5. The van der Waals surface area contributed by atoms with Crippen molar-refractivity contribution in [3.8, 4) is 0 Å². The Bertz CT molecular complexity index is 668.